The van der Waals surface area contributed by atoms with Crippen LogP contribution in [0.25, 0.3) is 56.1 Å². The molecule has 4 aromatic carbocycles. The monoisotopic (exact) mass is 464 g/mol. The van der Waals surface area contributed by atoms with Crippen LogP contribution in [0.3, 0.4) is 0 Å². The zero-order chi connectivity index (χ0) is 23.9. The smallest absolute Gasteiger partial charge is 0.187 e. The number of rotatable bonds is 4. The number of para-hydroxylation sites is 2. The highest BCUT2D eigenvalue weighted by Gasteiger charge is 2.18. The zero-order valence-corrected chi connectivity index (χ0v) is 19.2. The molecule has 0 aliphatic carbocycles. The molecule has 0 atom stereocenters. The first-order valence-corrected chi connectivity index (χ1v) is 11.7. The summed E-state index contributed by atoms with van der Waals surface area (Å²) >= 11 is 0. The van der Waals surface area contributed by atoms with Crippen LogP contribution in [-0.4, -0.2) is 29.3 Å². The second-order valence-corrected chi connectivity index (χ2v) is 8.53. The van der Waals surface area contributed by atoms with Crippen LogP contribution < -0.4 is 0 Å². The highest BCUT2D eigenvalue weighted by Crippen LogP contribution is 2.33. The topological polar surface area (TPSA) is 61.4 Å². The van der Waals surface area contributed by atoms with E-state index in [2.05, 4.69) is 97.5 Å². The normalized spacial score (nSPS) is 11.3. The Morgan fingerprint density at radius 1 is 0.500 bits per heavy atom. The van der Waals surface area contributed by atoms with Crippen molar-refractivity contribution in [1.82, 2.24) is 29.3 Å². The third-order valence-corrected chi connectivity index (χ3v) is 6.45. The Bertz CT molecular complexity index is 1710. The lowest BCUT2D eigenvalue weighted by Gasteiger charge is -2.13. The van der Waals surface area contributed by atoms with E-state index in [0.29, 0.717) is 11.5 Å². The molecule has 0 radical (unpaired) electrons. The van der Waals surface area contributed by atoms with Crippen LogP contribution in [-0.2, 0) is 0 Å². The van der Waals surface area contributed by atoms with Gasteiger partial charge in [-0.1, -0.05) is 66.7 Å². The van der Waals surface area contributed by atoms with Gasteiger partial charge in [-0.05, 0) is 42.5 Å². The molecular weight excluding hydrogens is 444 g/mol. The molecule has 170 valence electrons. The molecule has 0 aliphatic heterocycles. The van der Waals surface area contributed by atoms with Crippen LogP contribution in [0.2, 0.25) is 0 Å². The summed E-state index contributed by atoms with van der Waals surface area (Å²) in [5.74, 6) is 1.43. The zero-order valence-electron chi connectivity index (χ0n) is 19.2. The minimum Gasteiger partial charge on any atom is -0.309 e. The van der Waals surface area contributed by atoms with Crippen molar-refractivity contribution in [1.29, 1.82) is 0 Å². The first-order chi connectivity index (χ1) is 17.9. The third kappa shape index (κ3) is 3.20. The van der Waals surface area contributed by atoms with Crippen molar-refractivity contribution in [3.63, 3.8) is 0 Å². The third-order valence-electron chi connectivity index (χ3n) is 6.45. The molecule has 0 unspecified atom stereocenters. The molecule has 36 heavy (non-hydrogen) atoms. The van der Waals surface area contributed by atoms with Crippen molar-refractivity contribution < 1.29 is 0 Å². The van der Waals surface area contributed by atoms with E-state index in [4.69, 9.17) is 0 Å². The number of hydrogen-bond donors (Lipinski definition) is 0. The van der Waals surface area contributed by atoms with Gasteiger partial charge in [0.15, 0.2) is 11.6 Å². The highest BCUT2D eigenvalue weighted by molar-refractivity contribution is 6.09. The Morgan fingerprint density at radius 3 is 1.72 bits per heavy atom. The van der Waals surface area contributed by atoms with Crippen molar-refractivity contribution in [2.24, 2.45) is 0 Å². The fourth-order valence-electron chi connectivity index (χ4n) is 4.84. The molecule has 0 saturated carbocycles. The van der Waals surface area contributed by atoms with Gasteiger partial charge >= 0.3 is 0 Å². The average Bonchev–Trinajstić information content (AvgIpc) is 3.54. The molecule has 6 nitrogen and oxygen atoms in total. The summed E-state index contributed by atoms with van der Waals surface area (Å²) in [4.78, 5) is 8.49. The Labute approximate surface area is 207 Å². The van der Waals surface area contributed by atoms with Crippen LogP contribution in [0.5, 0.6) is 0 Å². The fraction of sp³-hybridized carbons (Fsp3) is 0. The van der Waals surface area contributed by atoms with Gasteiger partial charge in [-0.25, -0.2) is 9.97 Å². The minimum atomic E-state index is 0.667. The number of aromatic nitrogens is 6. The SMILES string of the molecule is c1ccc(-c2nnc(-c3ccncn3)n2-c2ccc(-n3c4ccccc4c4ccccc43)cc2)cc1. The molecule has 7 rings (SSSR count). The van der Waals surface area contributed by atoms with E-state index < -0.39 is 0 Å². The van der Waals surface area contributed by atoms with Gasteiger partial charge in [0.25, 0.3) is 0 Å². The first kappa shape index (κ1) is 20.3. The van der Waals surface area contributed by atoms with E-state index in [1.165, 1.54) is 28.1 Å². The van der Waals surface area contributed by atoms with E-state index in [1.54, 1.807) is 6.20 Å². The Hall–Kier alpha value is -5.10. The molecule has 0 bridgehead atoms. The molecule has 7 aromatic rings. The summed E-state index contributed by atoms with van der Waals surface area (Å²) in [6, 6.07) is 37.5. The predicted molar refractivity (Wildman–Crippen MR) is 142 cm³/mol. The van der Waals surface area contributed by atoms with Crippen LogP contribution in [0.15, 0.2) is 122 Å². The van der Waals surface area contributed by atoms with Crippen LogP contribution in [0.4, 0.5) is 0 Å². The van der Waals surface area contributed by atoms with Gasteiger partial charge in [0.2, 0.25) is 0 Å². The van der Waals surface area contributed by atoms with E-state index in [9.17, 15) is 0 Å². The fourth-order valence-corrected chi connectivity index (χ4v) is 4.84. The molecule has 0 aliphatic rings. The summed E-state index contributed by atoms with van der Waals surface area (Å²) in [6.45, 7) is 0. The molecule has 6 heteroatoms. The Morgan fingerprint density at radius 2 is 1.08 bits per heavy atom. The molecular formula is C30H20N6. The van der Waals surface area contributed by atoms with Crippen molar-refractivity contribution in [2.45, 2.75) is 0 Å². The average molecular weight is 465 g/mol. The largest absolute Gasteiger partial charge is 0.309 e. The van der Waals surface area contributed by atoms with E-state index >= 15 is 0 Å². The minimum absolute atomic E-state index is 0.667. The molecule has 0 saturated heterocycles. The quantitative estimate of drug-likeness (QED) is 0.299. The first-order valence-electron chi connectivity index (χ1n) is 11.7. The molecule has 3 aromatic heterocycles. The van der Waals surface area contributed by atoms with Crippen molar-refractivity contribution in [3.05, 3.63) is 122 Å². The van der Waals surface area contributed by atoms with Gasteiger partial charge in [-0.3, -0.25) is 4.57 Å². The number of fused-ring (bicyclic) bond motifs is 3. The molecule has 0 amide bonds. The van der Waals surface area contributed by atoms with Crippen molar-refractivity contribution in [2.75, 3.05) is 0 Å². The van der Waals surface area contributed by atoms with Gasteiger partial charge in [0, 0.05) is 33.9 Å². The van der Waals surface area contributed by atoms with Crippen LogP contribution >= 0.6 is 0 Å². The Balaban J connectivity index is 1.41. The van der Waals surface area contributed by atoms with Crippen molar-refractivity contribution >= 4 is 21.8 Å². The van der Waals surface area contributed by atoms with Crippen LogP contribution in [0.1, 0.15) is 0 Å². The second kappa shape index (κ2) is 8.29. The number of nitrogens with zero attached hydrogens (tertiary/aromatic N) is 6. The molecule has 3 heterocycles. The number of hydrogen-bond acceptors (Lipinski definition) is 4. The summed E-state index contributed by atoms with van der Waals surface area (Å²) < 4.78 is 4.36. The van der Waals surface area contributed by atoms with Gasteiger partial charge in [-0.2, -0.15) is 0 Å². The lowest BCUT2D eigenvalue weighted by atomic mass is 10.2. The van der Waals surface area contributed by atoms with Crippen LogP contribution in [0, 0.1) is 0 Å². The summed E-state index contributed by atoms with van der Waals surface area (Å²) in [5, 5.41) is 11.5. The number of benzene rings is 4. The summed E-state index contributed by atoms with van der Waals surface area (Å²) in [7, 11) is 0. The van der Waals surface area contributed by atoms with Crippen molar-refractivity contribution in [3.8, 4) is 34.3 Å². The Kier molecular flexibility index (Phi) is 4.67. The molecule has 0 spiro atoms. The molecule has 0 fully saturated rings. The van der Waals surface area contributed by atoms with Gasteiger partial charge < -0.3 is 4.57 Å². The maximum Gasteiger partial charge on any atom is 0.187 e. The summed E-state index contributed by atoms with van der Waals surface area (Å²) in [5.41, 5.74) is 6.11. The predicted octanol–water partition coefficient (Wildman–Crippen LogP) is 6.49. The van der Waals surface area contributed by atoms with E-state index in [0.717, 1.165) is 22.8 Å². The standard InChI is InChI=1S/C30H20N6/c1-2-8-21(9-3-1)29-33-34-30(26-18-19-31-20-32-26)36(29)23-16-14-22(15-17-23)35-27-12-6-4-10-24(27)25-11-5-7-13-28(25)35/h1-20H. The molecule has 0 N–H and O–H groups in total. The second-order valence-electron chi connectivity index (χ2n) is 8.53. The maximum absolute atomic E-state index is 4.54. The van der Waals surface area contributed by atoms with Gasteiger partial charge in [0.05, 0.1) is 11.0 Å². The van der Waals surface area contributed by atoms with E-state index in [-0.39, 0.29) is 0 Å². The highest BCUT2D eigenvalue weighted by atomic mass is 15.3. The maximum atomic E-state index is 4.54. The lowest BCUT2D eigenvalue weighted by molar-refractivity contribution is 1.04. The lowest BCUT2D eigenvalue weighted by Crippen LogP contribution is -2.02. The van der Waals surface area contributed by atoms with Gasteiger partial charge in [-0.15, -0.1) is 10.2 Å². The van der Waals surface area contributed by atoms with E-state index in [1.807, 2.05) is 41.0 Å². The summed E-state index contributed by atoms with van der Waals surface area (Å²) in [6.07, 6.45) is 3.25. The van der Waals surface area contributed by atoms with Gasteiger partial charge in [0.1, 0.15) is 12.0 Å².